The maximum Gasteiger partial charge on any atom is 0.302 e. The van der Waals surface area contributed by atoms with Crippen molar-refractivity contribution in [2.75, 3.05) is 6.54 Å². The van der Waals surface area contributed by atoms with Crippen LogP contribution in [0.25, 0.3) is 16.6 Å². The lowest BCUT2D eigenvalue weighted by Crippen LogP contribution is -2.10. The number of hydrogen-bond donors (Lipinski definition) is 1. The Bertz CT molecular complexity index is 812. The van der Waals surface area contributed by atoms with Gasteiger partial charge < -0.3 is 5.73 Å². The summed E-state index contributed by atoms with van der Waals surface area (Å²) in [6.45, 7) is 0.431. The van der Waals surface area contributed by atoms with Crippen LogP contribution in [0, 0.1) is 10.1 Å². The molecular formula is C14H13N5O2. The Morgan fingerprint density at radius 1 is 1.24 bits per heavy atom. The van der Waals surface area contributed by atoms with Crippen LogP contribution >= 0.6 is 0 Å². The molecule has 2 aromatic heterocycles. The summed E-state index contributed by atoms with van der Waals surface area (Å²) in [6, 6.07) is 6.84. The summed E-state index contributed by atoms with van der Waals surface area (Å²) in [7, 11) is 0. The van der Waals surface area contributed by atoms with E-state index in [0.717, 1.165) is 0 Å². The van der Waals surface area contributed by atoms with Crippen LogP contribution < -0.4 is 5.73 Å². The van der Waals surface area contributed by atoms with Gasteiger partial charge in [0, 0.05) is 25.0 Å². The second kappa shape index (κ2) is 5.29. The van der Waals surface area contributed by atoms with Gasteiger partial charge in [-0.1, -0.05) is 0 Å². The van der Waals surface area contributed by atoms with Gasteiger partial charge >= 0.3 is 5.69 Å². The highest BCUT2D eigenvalue weighted by molar-refractivity contribution is 5.91. The molecule has 0 spiro atoms. The van der Waals surface area contributed by atoms with Crippen LogP contribution in [-0.4, -0.2) is 26.0 Å². The van der Waals surface area contributed by atoms with Crippen LogP contribution in [0.3, 0.4) is 0 Å². The van der Waals surface area contributed by atoms with E-state index >= 15 is 0 Å². The normalized spacial score (nSPS) is 10.9. The predicted octanol–water partition coefficient (Wildman–Crippen LogP) is 1.83. The first kappa shape index (κ1) is 13.2. The minimum atomic E-state index is -0.383. The highest BCUT2D eigenvalue weighted by atomic mass is 16.6. The molecule has 0 saturated carbocycles. The summed E-state index contributed by atoms with van der Waals surface area (Å²) < 4.78 is 1.71. The number of imidazole rings is 1. The number of nitrogens with two attached hydrogens (primary N) is 1. The van der Waals surface area contributed by atoms with E-state index in [0.29, 0.717) is 35.4 Å². The van der Waals surface area contributed by atoms with Crippen molar-refractivity contribution in [3.63, 3.8) is 0 Å². The predicted molar refractivity (Wildman–Crippen MR) is 78.3 cm³/mol. The summed E-state index contributed by atoms with van der Waals surface area (Å²) in [5, 5.41) is 12.0. The van der Waals surface area contributed by atoms with Crippen molar-refractivity contribution in [3.05, 3.63) is 58.8 Å². The lowest BCUT2D eigenvalue weighted by molar-refractivity contribution is -0.382. The van der Waals surface area contributed by atoms with Gasteiger partial charge in [-0.15, -0.1) is 0 Å². The average molecular weight is 283 g/mol. The smallest absolute Gasteiger partial charge is 0.302 e. The summed E-state index contributed by atoms with van der Waals surface area (Å²) >= 11 is 0. The van der Waals surface area contributed by atoms with E-state index in [-0.39, 0.29) is 10.6 Å². The van der Waals surface area contributed by atoms with Crippen molar-refractivity contribution >= 4 is 16.6 Å². The van der Waals surface area contributed by atoms with Gasteiger partial charge in [0.05, 0.1) is 15.8 Å². The molecule has 0 aliphatic rings. The number of benzene rings is 1. The third kappa shape index (κ3) is 2.23. The lowest BCUT2D eigenvalue weighted by atomic mass is 10.1. The van der Waals surface area contributed by atoms with E-state index in [1.54, 1.807) is 47.4 Å². The van der Waals surface area contributed by atoms with Gasteiger partial charge in [0.25, 0.3) is 0 Å². The third-order valence-electron chi connectivity index (χ3n) is 3.26. The van der Waals surface area contributed by atoms with Gasteiger partial charge in [-0.05, 0) is 30.8 Å². The second-order valence-corrected chi connectivity index (χ2v) is 4.51. The van der Waals surface area contributed by atoms with Gasteiger partial charge in [0.1, 0.15) is 11.5 Å². The van der Waals surface area contributed by atoms with Gasteiger partial charge in [-0.2, -0.15) is 0 Å². The quantitative estimate of drug-likeness (QED) is 0.581. The zero-order chi connectivity index (χ0) is 14.8. The molecule has 0 saturated heterocycles. The largest absolute Gasteiger partial charge is 0.330 e. The molecule has 1 aromatic carbocycles. The lowest BCUT2D eigenvalue weighted by Gasteiger charge is -2.09. The van der Waals surface area contributed by atoms with Crippen molar-refractivity contribution in [1.82, 2.24) is 14.5 Å². The molecule has 7 heteroatoms. The number of fused-ring (bicyclic) bond motifs is 1. The summed E-state index contributed by atoms with van der Waals surface area (Å²) in [5.41, 5.74) is 6.65. The van der Waals surface area contributed by atoms with Crippen LogP contribution in [0.5, 0.6) is 0 Å². The Morgan fingerprint density at radius 3 is 2.86 bits per heavy atom. The zero-order valence-corrected chi connectivity index (χ0v) is 11.1. The minimum absolute atomic E-state index is 0.0249. The summed E-state index contributed by atoms with van der Waals surface area (Å²) in [6.07, 6.45) is 5.48. The molecule has 2 heterocycles. The first-order valence-corrected chi connectivity index (χ1v) is 6.47. The van der Waals surface area contributed by atoms with E-state index in [9.17, 15) is 10.1 Å². The van der Waals surface area contributed by atoms with Crippen molar-refractivity contribution in [2.24, 2.45) is 5.73 Å². The van der Waals surface area contributed by atoms with E-state index in [1.807, 2.05) is 0 Å². The van der Waals surface area contributed by atoms with E-state index in [1.165, 1.54) is 0 Å². The van der Waals surface area contributed by atoms with E-state index < -0.39 is 0 Å². The number of nitro groups is 1. The average Bonchev–Trinajstić information content (AvgIpc) is 2.94. The minimum Gasteiger partial charge on any atom is -0.330 e. The molecule has 106 valence electrons. The molecule has 0 fully saturated rings. The fourth-order valence-electron chi connectivity index (χ4n) is 2.38. The highest BCUT2D eigenvalue weighted by Crippen LogP contribution is 2.31. The number of nitro benzene ring substituents is 1. The SMILES string of the molecule is NCCc1nccn1-c1ccc2ncccc2c1[N+](=O)[O-]. The molecule has 0 aliphatic heterocycles. The fourth-order valence-corrected chi connectivity index (χ4v) is 2.38. The van der Waals surface area contributed by atoms with E-state index in [2.05, 4.69) is 9.97 Å². The molecule has 0 atom stereocenters. The third-order valence-corrected chi connectivity index (χ3v) is 3.26. The molecule has 21 heavy (non-hydrogen) atoms. The Kier molecular flexibility index (Phi) is 3.33. The first-order chi connectivity index (χ1) is 10.2. The zero-order valence-electron chi connectivity index (χ0n) is 11.1. The number of rotatable bonds is 4. The second-order valence-electron chi connectivity index (χ2n) is 4.51. The molecule has 3 aromatic rings. The molecular weight excluding hydrogens is 270 g/mol. The van der Waals surface area contributed by atoms with Crippen molar-refractivity contribution in [2.45, 2.75) is 6.42 Å². The molecule has 0 radical (unpaired) electrons. The maximum atomic E-state index is 11.5. The van der Waals surface area contributed by atoms with Crippen molar-refractivity contribution < 1.29 is 4.92 Å². The number of nitrogens with zero attached hydrogens (tertiary/aromatic N) is 4. The van der Waals surface area contributed by atoms with Crippen LogP contribution in [0.1, 0.15) is 5.82 Å². The molecule has 2 N–H and O–H groups in total. The van der Waals surface area contributed by atoms with E-state index in [4.69, 9.17) is 5.73 Å². The van der Waals surface area contributed by atoms with Gasteiger partial charge in [0.15, 0.2) is 0 Å². The molecule has 3 rings (SSSR count). The number of aromatic nitrogens is 3. The monoisotopic (exact) mass is 283 g/mol. The molecule has 0 unspecified atom stereocenters. The van der Waals surface area contributed by atoms with Crippen LogP contribution in [0.2, 0.25) is 0 Å². The van der Waals surface area contributed by atoms with Crippen molar-refractivity contribution in [3.8, 4) is 5.69 Å². The molecule has 0 bridgehead atoms. The number of hydrogen-bond acceptors (Lipinski definition) is 5. The first-order valence-electron chi connectivity index (χ1n) is 6.47. The van der Waals surface area contributed by atoms with Crippen LogP contribution in [0.4, 0.5) is 5.69 Å². The van der Waals surface area contributed by atoms with Gasteiger partial charge in [0.2, 0.25) is 0 Å². The molecule has 0 aliphatic carbocycles. The van der Waals surface area contributed by atoms with Crippen LogP contribution in [0.15, 0.2) is 42.9 Å². The Labute approximate surface area is 120 Å². The highest BCUT2D eigenvalue weighted by Gasteiger charge is 2.21. The maximum absolute atomic E-state index is 11.5. The standard InChI is InChI=1S/C14H13N5O2/c15-6-5-13-17-8-9-18(13)12-4-3-11-10(2-1-7-16-11)14(12)19(20)21/h1-4,7-9H,5-6,15H2. The van der Waals surface area contributed by atoms with Gasteiger partial charge in [-0.25, -0.2) is 4.98 Å². The Balaban J connectivity index is 2.29. The topological polar surface area (TPSA) is 99.9 Å². The molecule has 7 nitrogen and oxygen atoms in total. The molecule has 0 amide bonds. The summed E-state index contributed by atoms with van der Waals surface area (Å²) in [5.74, 6) is 0.698. The number of pyridine rings is 1. The van der Waals surface area contributed by atoms with Crippen LogP contribution in [-0.2, 0) is 6.42 Å². The van der Waals surface area contributed by atoms with Crippen molar-refractivity contribution in [1.29, 1.82) is 0 Å². The summed E-state index contributed by atoms with van der Waals surface area (Å²) in [4.78, 5) is 19.5. The Morgan fingerprint density at radius 2 is 2.10 bits per heavy atom. The van der Waals surface area contributed by atoms with Gasteiger partial charge in [-0.3, -0.25) is 19.7 Å². The fraction of sp³-hybridized carbons (Fsp3) is 0.143. The Hall–Kier alpha value is -2.80.